The zero-order valence-electron chi connectivity index (χ0n) is 13.8. The van der Waals surface area contributed by atoms with Crippen molar-refractivity contribution in [3.63, 3.8) is 0 Å². The molecule has 6 heteroatoms. The fourth-order valence-corrected chi connectivity index (χ4v) is 2.58. The van der Waals surface area contributed by atoms with Gasteiger partial charge in [-0.05, 0) is 61.9 Å². The summed E-state index contributed by atoms with van der Waals surface area (Å²) in [5, 5.41) is 16.0. The van der Waals surface area contributed by atoms with Gasteiger partial charge in [0.1, 0.15) is 5.82 Å². The number of nitrogens with zero attached hydrogens (tertiary/aromatic N) is 3. The minimum absolute atomic E-state index is 0.485. The van der Waals surface area contributed by atoms with E-state index in [0.29, 0.717) is 22.4 Å². The summed E-state index contributed by atoms with van der Waals surface area (Å²) in [6.45, 7) is 3.89. The van der Waals surface area contributed by atoms with Crippen LogP contribution >= 0.6 is 11.6 Å². The molecule has 25 heavy (non-hydrogen) atoms. The van der Waals surface area contributed by atoms with Crippen LogP contribution in [0, 0.1) is 25.2 Å². The zero-order chi connectivity index (χ0) is 17.8. The summed E-state index contributed by atoms with van der Waals surface area (Å²) >= 11 is 6.00. The van der Waals surface area contributed by atoms with Crippen LogP contribution in [0.2, 0.25) is 5.02 Å². The maximum atomic E-state index is 8.86. The van der Waals surface area contributed by atoms with Crippen LogP contribution in [-0.2, 0) is 0 Å². The van der Waals surface area contributed by atoms with Gasteiger partial charge in [0.15, 0.2) is 0 Å². The van der Waals surface area contributed by atoms with E-state index in [1.807, 2.05) is 50.2 Å². The third-order valence-electron chi connectivity index (χ3n) is 3.58. The fraction of sp³-hybridized carbons (Fsp3) is 0.105. The molecule has 1 heterocycles. The van der Waals surface area contributed by atoms with Gasteiger partial charge in [-0.15, -0.1) is 0 Å². The first-order valence-electron chi connectivity index (χ1n) is 7.69. The van der Waals surface area contributed by atoms with Crippen LogP contribution in [0.15, 0.2) is 48.5 Å². The number of nitriles is 1. The number of anilines is 4. The fourth-order valence-electron chi connectivity index (χ4n) is 2.35. The standard InChI is InChI=1S/C19H16ClN5/c1-12-9-15(20)5-8-17(12)24-18-10-13(2)22-19(25-18)23-16-6-3-14(11-21)4-7-16/h3-10H,1-2H3,(H2,22,23,24,25). The molecule has 0 aliphatic carbocycles. The SMILES string of the molecule is Cc1cc(Nc2ccc(Cl)cc2C)nc(Nc2ccc(C#N)cc2)n1. The zero-order valence-corrected chi connectivity index (χ0v) is 14.6. The van der Waals surface area contributed by atoms with E-state index in [4.69, 9.17) is 16.9 Å². The minimum Gasteiger partial charge on any atom is -0.340 e. The number of aryl methyl sites for hydroxylation is 2. The van der Waals surface area contributed by atoms with Crippen molar-refractivity contribution in [2.45, 2.75) is 13.8 Å². The summed E-state index contributed by atoms with van der Waals surface area (Å²) in [5.41, 5.74) is 4.23. The van der Waals surface area contributed by atoms with Crippen molar-refractivity contribution in [2.75, 3.05) is 10.6 Å². The van der Waals surface area contributed by atoms with Gasteiger partial charge in [0.05, 0.1) is 11.6 Å². The highest BCUT2D eigenvalue weighted by atomic mass is 35.5. The molecule has 0 atom stereocenters. The molecule has 2 aromatic carbocycles. The molecule has 0 aliphatic heterocycles. The van der Waals surface area contributed by atoms with Gasteiger partial charge < -0.3 is 10.6 Å². The van der Waals surface area contributed by atoms with Crippen molar-refractivity contribution in [1.29, 1.82) is 5.26 Å². The van der Waals surface area contributed by atoms with Crippen molar-refractivity contribution in [2.24, 2.45) is 0 Å². The molecule has 0 bridgehead atoms. The largest absolute Gasteiger partial charge is 0.340 e. The Morgan fingerprint density at radius 3 is 2.40 bits per heavy atom. The third-order valence-corrected chi connectivity index (χ3v) is 3.81. The summed E-state index contributed by atoms with van der Waals surface area (Å²) < 4.78 is 0. The predicted molar refractivity (Wildman–Crippen MR) is 101 cm³/mol. The van der Waals surface area contributed by atoms with Crippen molar-refractivity contribution in [3.8, 4) is 6.07 Å². The van der Waals surface area contributed by atoms with E-state index in [0.717, 1.165) is 22.6 Å². The number of hydrogen-bond donors (Lipinski definition) is 2. The molecule has 1 aromatic heterocycles. The molecule has 2 N–H and O–H groups in total. The molecule has 124 valence electrons. The summed E-state index contributed by atoms with van der Waals surface area (Å²) in [4.78, 5) is 8.90. The van der Waals surface area contributed by atoms with Gasteiger partial charge in [-0.1, -0.05) is 11.6 Å². The molecule has 0 spiro atoms. The van der Waals surface area contributed by atoms with Gasteiger partial charge in [-0.2, -0.15) is 10.2 Å². The van der Waals surface area contributed by atoms with Crippen LogP contribution in [-0.4, -0.2) is 9.97 Å². The molecule has 3 rings (SSSR count). The summed E-state index contributed by atoms with van der Waals surface area (Å²) in [7, 11) is 0. The highest BCUT2D eigenvalue weighted by Gasteiger charge is 2.06. The van der Waals surface area contributed by atoms with Crippen LogP contribution in [0.1, 0.15) is 16.8 Å². The highest BCUT2D eigenvalue weighted by molar-refractivity contribution is 6.30. The normalized spacial score (nSPS) is 10.2. The van der Waals surface area contributed by atoms with Gasteiger partial charge in [0.25, 0.3) is 0 Å². The summed E-state index contributed by atoms with van der Waals surface area (Å²) in [5.74, 6) is 1.17. The smallest absolute Gasteiger partial charge is 0.229 e. The third kappa shape index (κ3) is 4.25. The minimum atomic E-state index is 0.485. The maximum absolute atomic E-state index is 8.86. The van der Waals surface area contributed by atoms with Crippen LogP contribution in [0.5, 0.6) is 0 Å². The Morgan fingerprint density at radius 2 is 1.72 bits per heavy atom. The van der Waals surface area contributed by atoms with Crippen LogP contribution in [0.4, 0.5) is 23.1 Å². The Hall–Kier alpha value is -3.10. The second-order valence-electron chi connectivity index (χ2n) is 5.62. The van der Waals surface area contributed by atoms with E-state index in [1.165, 1.54) is 0 Å². The van der Waals surface area contributed by atoms with Crippen molar-refractivity contribution < 1.29 is 0 Å². The Kier molecular flexibility index (Phi) is 4.82. The second kappa shape index (κ2) is 7.20. The Labute approximate surface area is 151 Å². The molecular formula is C19H16ClN5. The second-order valence-corrected chi connectivity index (χ2v) is 6.05. The molecular weight excluding hydrogens is 334 g/mol. The van der Waals surface area contributed by atoms with Gasteiger partial charge in [0.2, 0.25) is 5.95 Å². The Bertz CT molecular complexity index is 945. The lowest BCUT2D eigenvalue weighted by atomic mass is 10.2. The number of nitrogens with one attached hydrogen (secondary N) is 2. The highest BCUT2D eigenvalue weighted by Crippen LogP contribution is 2.24. The maximum Gasteiger partial charge on any atom is 0.229 e. The molecule has 0 saturated carbocycles. The average Bonchev–Trinajstić information content (AvgIpc) is 2.58. The van der Waals surface area contributed by atoms with E-state index in [9.17, 15) is 0 Å². The molecule has 0 amide bonds. The first kappa shape index (κ1) is 16.7. The first-order valence-corrected chi connectivity index (χ1v) is 8.07. The summed E-state index contributed by atoms with van der Waals surface area (Å²) in [6.07, 6.45) is 0. The van der Waals surface area contributed by atoms with E-state index in [-0.39, 0.29) is 0 Å². The van der Waals surface area contributed by atoms with Gasteiger partial charge in [-0.3, -0.25) is 0 Å². The lowest BCUT2D eigenvalue weighted by Crippen LogP contribution is -2.03. The van der Waals surface area contributed by atoms with E-state index in [1.54, 1.807) is 12.1 Å². The lowest BCUT2D eigenvalue weighted by molar-refractivity contribution is 1.11. The molecule has 0 radical (unpaired) electrons. The number of rotatable bonds is 4. The van der Waals surface area contributed by atoms with E-state index in [2.05, 4.69) is 26.7 Å². The molecule has 0 aliphatic rings. The molecule has 0 fully saturated rings. The van der Waals surface area contributed by atoms with Gasteiger partial charge >= 0.3 is 0 Å². The van der Waals surface area contributed by atoms with Crippen LogP contribution < -0.4 is 10.6 Å². The van der Waals surface area contributed by atoms with Crippen molar-refractivity contribution in [1.82, 2.24) is 9.97 Å². The Balaban J connectivity index is 1.83. The summed E-state index contributed by atoms with van der Waals surface area (Å²) in [6, 6.07) is 16.7. The molecule has 0 saturated heterocycles. The number of hydrogen-bond acceptors (Lipinski definition) is 5. The van der Waals surface area contributed by atoms with E-state index < -0.39 is 0 Å². The number of aromatic nitrogens is 2. The first-order chi connectivity index (χ1) is 12.0. The Morgan fingerprint density at radius 1 is 0.960 bits per heavy atom. The van der Waals surface area contributed by atoms with Gasteiger partial charge in [0, 0.05) is 28.2 Å². The van der Waals surface area contributed by atoms with Crippen LogP contribution in [0.25, 0.3) is 0 Å². The monoisotopic (exact) mass is 349 g/mol. The topological polar surface area (TPSA) is 73.6 Å². The molecule has 0 unspecified atom stereocenters. The predicted octanol–water partition coefficient (Wildman–Crippen LogP) is 5.11. The lowest BCUT2D eigenvalue weighted by Gasteiger charge is -2.12. The van der Waals surface area contributed by atoms with Crippen molar-refractivity contribution >= 4 is 34.7 Å². The van der Waals surface area contributed by atoms with Gasteiger partial charge in [-0.25, -0.2) is 4.98 Å². The number of halogens is 1. The van der Waals surface area contributed by atoms with Crippen molar-refractivity contribution in [3.05, 3.63) is 70.4 Å². The van der Waals surface area contributed by atoms with Crippen LogP contribution in [0.3, 0.4) is 0 Å². The number of benzene rings is 2. The average molecular weight is 350 g/mol. The molecule has 5 nitrogen and oxygen atoms in total. The molecule has 3 aromatic rings. The van der Waals surface area contributed by atoms with E-state index >= 15 is 0 Å². The quantitative estimate of drug-likeness (QED) is 0.685.